The van der Waals surface area contributed by atoms with Crippen LogP contribution in [0.4, 0.5) is 0 Å². The van der Waals surface area contributed by atoms with Crippen molar-refractivity contribution in [3.8, 4) is 44.9 Å². The number of nitrogens with zero attached hydrogens (tertiary/aromatic N) is 2. The molecule has 0 fully saturated rings. The smallest absolute Gasteiger partial charge is 0.252 e. The van der Waals surface area contributed by atoms with Gasteiger partial charge in [0, 0.05) is 44.1 Å². The molecule has 80 heavy (non-hydrogen) atoms. The molecule has 5 aliphatic rings. The average Bonchev–Trinajstić information content (AvgIpc) is 2.22. The minimum Gasteiger partial charge on any atom is -0.310 e. The first-order valence-corrected chi connectivity index (χ1v) is 30.2. The van der Waals surface area contributed by atoms with Gasteiger partial charge in [-0.25, -0.2) is 0 Å². The zero-order valence-corrected chi connectivity index (χ0v) is 50.5. The minimum absolute atomic E-state index is 0.0110. The van der Waals surface area contributed by atoms with E-state index in [1.54, 1.807) is 5.56 Å². The van der Waals surface area contributed by atoms with Crippen molar-refractivity contribution in [3.05, 3.63) is 196 Å². The van der Waals surface area contributed by atoms with Crippen LogP contribution in [0.15, 0.2) is 152 Å². The Morgan fingerprint density at radius 2 is 0.938 bits per heavy atom. The molecule has 0 atom stereocenters. The standard InChI is InChI=1S/C77H79BN2/c1-71(2,3)69(72(4,5)6)46-39-50-51-40-47(70(73(7,8)9)74(10,11)12)42-58-66(51)80-65(50)57(41-46)77(53-33-25-23-31-48(53)49-32-24-26-34-54(49)77)55-35-36-59-62(68(55)80)78(58)63-61-56(75(13,14)37-38-76(61,15)16)43-52-60(44-27-19-17-20-28-44)64(79(59)67(52)63)45-29-21-18-22-30-45/h17-36,39-43,69-70H,37-38H2,1-16H3. The summed E-state index contributed by atoms with van der Waals surface area (Å²) in [5, 5.41) is 4.18. The largest absolute Gasteiger partial charge is 0.310 e. The number of fused-ring (bicyclic) bond motifs is 13. The maximum Gasteiger partial charge on any atom is 0.252 e. The molecule has 0 N–H and O–H groups in total. The van der Waals surface area contributed by atoms with Crippen LogP contribution in [-0.2, 0) is 16.2 Å². The van der Waals surface area contributed by atoms with Gasteiger partial charge in [-0.1, -0.05) is 238 Å². The van der Waals surface area contributed by atoms with Crippen molar-refractivity contribution in [2.24, 2.45) is 21.7 Å². The molecular formula is C77H79BN2. The van der Waals surface area contributed by atoms with Gasteiger partial charge < -0.3 is 9.13 Å². The predicted octanol–water partition coefficient (Wildman–Crippen LogP) is 18.6. The van der Waals surface area contributed by atoms with Crippen LogP contribution in [0.3, 0.4) is 0 Å². The Morgan fingerprint density at radius 1 is 0.425 bits per heavy atom. The van der Waals surface area contributed by atoms with E-state index >= 15 is 0 Å². The highest BCUT2D eigenvalue weighted by atomic mass is 15.1. The Bertz CT molecular complexity index is 4260. The first-order valence-electron chi connectivity index (χ1n) is 30.2. The van der Waals surface area contributed by atoms with Gasteiger partial charge in [0.1, 0.15) is 0 Å². The summed E-state index contributed by atoms with van der Waals surface area (Å²) in [5.41, 5.74) is 30.0. The molecule has 0 saturated carbocycles. The topological polar surface area (TPSA) is 9.86 Å². The SMILES string of the molecule is CC1(C)CCC(C)(C)c2c1cc1c(-c3ccccc3)c(-c3ccccc3)n3c1c2B1c2c-3ccc3c2-n2c4c1cc(C(C(C)(C)C)C(C)(C)C)cc4c1cc(C(C(C)(C)C)C(C)(C)C)cc(c12)C31c2ccccc2-c2ccccc21. The highest BCUT2D eigenvalue weighted by molar-refractivity contribution is 7.00. The molecule has 5 heterocycles. The van der Waals surface area contributed by atoms with Crippen LogP contribution >= 0.6 is 0 Å². The van der Waals surface area contributed by atoms with Crippen molar-refractivity contribution in [3.63, 3.8) is 0 Å². The minimum atomic E-state index is -0.595. The third-order valence-electron chi connectivity index (χ3n) is 20.7. The molecule has 15 rings (SSSR count). The molecule has 0 unspecified atom stereocenters. The maximum atomic E-state index is 2.87. The molecule has 0 bridgehead atoms. The molecule has 0 saturated heterocycles. The molecule has 8 aromatic carbocycles. The fraction of sp³-hybridized carbons (Fsp3) is 0.351. The zero-order valence-electron chi connectivity index (χ0n) is 50.5. The van der Waals surface area contributed by atoms with Crippen LogP contribution in [0.1, 0.15) is 180 Å². The lowest BCUT2D eigenvalue weighted by molar-refractivity contribution is 0.176. The predicted molar refractivity (Wildman–Crippen MR) is 343 cm³/mol. The molecular weight excluding hydrogens is 964 g/mol. The zero-order chi connectivity index (χ0) is 55.9. The van der Waals surface area contributed by atoms with Gasteiger partial charge in [0.2, 0.25) is 0 Å². The first kappa shape index (κ1) is 50.2. The number of hydrogen-bond acceptors (Lipinski definition) is 0. The van der Waals surface area contributed by atoms with Crippen LogP contribution in [0.5, 0.6) is 0 Å². The molecule has 0 amide bonds. The quantitative estimate of drug-likeness (QED) is 0.156. The number of benzene rings is 8. The molecule has 10 aromatic rings. The van der Waals surface area contributed by atoms with Gasteiger partial charge in [0.15, 0.2) is 0 Å². The monoisotopic (exact) mass is 1040 g/mol. The van der Waals surface area contributed by atoms with Crippen molar-refractivity contribution in [2.45, 2.75) is 152 Å². The van der Waals surface area contributed by atoms with E-state index in [1.165, 1.54) is 133 Å². The lowest BCUT2D eigenvalue weighted by Crippen LogP contribution is -2.63. The summed E-state index contributed by atoms with van der Waals surface area (Å²) in [7, 11) is 0. The Balaban J connectivity index is 1.25. The molecule has 3 heteroatoms. The highest BCUT2D eigenvalue weighted by Gasteiger charge is 2.57. The fourth-order valence-electron chi connectivity index (χ4n) is 19.0. The van der Waals surface area contributed by atoms with E-state index in [0.717, 1.165) is 12.8 Å². The Kier molecular flexibility index (Phi) is 9.89. The maximum absolute atomic E-state index is 2.87. The van der Waals surface area contributed by atoms with Crippen LogP contribution in [0, 0.1) is 21.7 Å². The summed E-state index contributed by atoms with van der Waals surface area (Å²) in [6, 6.07) is 60.7. The third kappa shape index (κ3) is 6.34. The fourth-order valence-corrected chi connectivity index (χ4v) is 19.0. The molecule has 2 aromatic heterocycles. The van der Waals surface area contributed by atoms with Crippen molar-refractivity contribution >= 4 is 55.8 Å². The molecule has 400 valence electrons. The van der Waals surface area contributed by atoms with Crippen molar-refractivity contribution in [2.75, 3.05) is 0 Å². The highest BCUT2D eigenvalue weighted by Crippen LogP contribution is 2.64. The Labute approximate surface area is 476 Å². The Morgan fingerprint density at radius 3 is 1.51 bits per heavy atom. The van der Waals surface area contributed by atoms with E-state index in [4.69, 9.17) is 0 Å². The van der Waals surface area contributed by atoms with Crippen LogP contribution < -0.4 is 16.4 Å². The van der Waals surface area contributed by atoms with E-state index in [2.05, 4.69) is 272 Å². The second-order valence-corrected chi connectivity index (χ2v) is 31.0. The molecule has 2 aliphatic carbocycles. The van der Waals surface area contributed by atoms with Gasteiger partial charge in [-0.05, 0) is 165 Å². The summed E-state index contributed by atoms with van der Waals surface area (Å²) in [4.78, 5) is 0. The average molecular weight is 1040 g/mol. The lowest BCUT2D eigenvalue weighted by atomic mass is 9.31. The number of aromatic nitrogens is 2. The second-order valence-electron chi connectivity index (χ2n) is 31.0. The van der Waals surface area contributed by atoms with Gasteiger partial charge in [-0.3, -0.25) is 0 Å². The Hall–Kier alpha value is -6.84. The number of hydrogen-bond donors (Lipinski definition) is 0. The summed E-state index contributed by atoms with van der Waals surface area (Å²) in [6.45, 7) is 40.1. The van der Waals surface area contributed by atoms with Crippen molar-refractivity contribution in [1.82, 2.24) is 9.13 Å². The van der Waals surface area contributed by atoms with Gasteiger partial charge in [-0.15, -0.1) is 0 Å². The van der Waals surface area contributed by atoms with Gasteiger partial charge >= 0.3 is 0 Å². The van der Waals surface area contributed by atoms with E-state index < -0.39 is 5.41 Å². The molecule has 1 spiro atoms. The summed E-state index contributed by atoms with van der Waals surface area (Å²) in [6.07, 6.45) is 2.28. The van der Waals surface area contributed by atoms with Crippen molar-refractivity contribution < 1.29 is 0 Å². The van der Waals surface area contributed by atoms with Gasteiger partial charge in [0.05, 0.1) is 16.6 Å². The van der Waals surface area contributed by atoms with Crippen LogP contribution in [0.2, 0.25) is 0 Å². The molecule has 0 radical (unpaired) electrons. The van der Waals surface area contributed by atoms with E-state index in [1.807, 2.05) is 0 Å². The summed E-state index contributed by atoms with van der Waals surface area (Å²) >= 11 is 0. The van der Waals surface area contributed by atoms with E-state index in [-0.39, 0.29) is 51.0 Å². The van der Waals surface area contributed by atoms with Crippen molar-refractivity contribution in [1.29, 1.82) is 0 Å². The van der Waals surface area contributed by atoms with E-state index in [9.17, 15) is 0 Å². The first-order chi connectivity index (χ1) is 37.8. The number of rotatable bonds is 4. The summed E-state index contributed by atoms with van der Waals surface area (Å²) in [5.74, 6) is 0.542. The normalized spacial score (nSPS) is 16.9. The molecule has 3 aliphatic heterocycles. The van der Waals surface area contributed by atoms with Crippen LogP contribution in [0.25, 0.3) is 77.6 Å². The second kappa shape index (κ2) is 15.8. The van der Waals surface area contributed by atoms with Gasteiger partial charge in [0.25, 0.3) is 6.71 Å². The molecule has 2 nitrogen and oxygen atoms in total. The summed E-state index contributed by atoms with van der Waals surface area (Å²) < 4.78 is 5.66. The van der Waals surface area contributed by atoms with E-state index in [0.29, 0.717) is 0 Å². The van der Waals surface area contributed by atoms with Gasteiger partial charge in [-0.2, -0.15) is 0 Å². The lowest BCUT2D eigenvalue weighted by Gasteiger charge is -2.48. The third-order valence-corrected chi connectivity index (χ3v) is 20.7. The van der Waals surface area contributed by atoms with Crippen LogP contribution in [-0.4, -0.2) is 15.8 Å².